The molecular formula is C11H14ClNO2. The molecule has 0 saturated carbocycles. The van der Waals surface area contributed by atoms with Crippen LogP contribution >= 0.6 is 11.6 Å². The average Bonchev–Trinajstić information content (AvgIpc) is 2.20. The first-order chi connectivity index (χ1) is 7.13. The summed E-state index contributed by atoms with van der Waals surface area (Å²) in [5.74, 6) is -0.0724. The molecule has 0 heterocycles. The number of amides is 1. The van der Waals surface area contributed by atoms with E-state index in [-0.39, 0.29) is 5.91 Å². The molecule has 0 aromatic heterocycles. The average molecular weight is 228 g/mol. The van der Waals surface area contributed by atoms with Crippen LogP contribution in [0.4, 0.5) is 5.69 Å². The quantitative estimate of drug-likeness (QED) is 0.859. The molecule has 0 aliphatic carbocycles. The molecule has 0 spiro atoms. The number of ether oxygens (including phenoxy) is 1. The van der Waals surface area contributed by atoms with Crippen LogP contribution in [0.5, 0.6) is 0 Å². The van der Waals surface area contributed by atoms with Crippen LogP contribution in [0.2, 0.25) is 5.02 Å². The predicted octanol–water partition coefficient (Wildman–Crippen LogP) is 2.62. The van der Waals surface area contributed by atoms with Gasteiger partial charge in [-0.2, -0.15) is 0 Å². The van der Waals surface area contributed by atoms with E-state index in [1.165, 1.54) is 0 Å². The van der Waals surface area contributed by atoms with Crippen molar-refractivity contribution >= 4 is 23.2 Å². The summed E-state index contributed by atoms with van der Waals surface area (Å²) in [5, 5.41) is 3.39. The van der Waals surface area contributed by atoms with Crippen molar-refractivity contribution in [3.63, 3.8) is 0 Å². The van der Waals surface area contributed by atoms with Gasteiger partial charge in [-0.25, -0.2) is 0 Å². The lowest BCUT2D eigenvalue weighted by atomic mass is 10.2. The minimum Gasteiger partial charge on any atom is -0.384 e. The largest absolute Gasteiger partial charge is 0.384 e. The normalized spacial score (nSPS) is 10.1. The van der Waals surface area contributed by atoms with Crippen molar-refractivity contribution in [2.75, 3.05) is 19.0 Å². The van der Waals surface area contributed by atoms with Gasteiger partial charge in [-0.3, -0.25) is 4.79 Å². The zero-order chi connectivity index (χ0) is 11.3. The fourth-order valence-electron chi connectivity index (χ4n) is 1.09. The summed E-state index contributed by atoms with van der Waals surface area (Å²) in [6.45, 7) is 2.34. The van der Waals surface area contributed by atoms with E-state index in [0.29, 0.717) is 23.7 Å². The van der Waals surface area contributed by atoms with E-state index in [1.54, 1.807) is 13.2 Å². The maximum absolute atomic E-state index is 11.3. The molecule has 1 aromatic carbocycles. The molecule has 0 unspecified atom stereocenters. The summed E-state index contributed by atoms with van der Waals surface area (Å²) >= 11 is 5.93. The minimum absolute atomic E-state index is 0.0724. The molecule has 0 bridgehead atoms. The second kappa shape index (κ2) is 5.73. The fraction of sp³-hybridized carbons (Fsp3) is 0.364. The van der Waals surface area contributed by atoms with Crippen LogP contribution in [-0.4, -0.2) is 19.6 Å². The lowest BCUT2D eigenvalue weighted by molar-refractivity contribution is -0.117. The lowest BCUT2D eigenvalue weighted by Crippen LogP contribution is -2.13. The van der Waals surface area contributed by atoms with E-state index < -0.39 is 0 Å². The Balaban J connectivity index is 2.57. The maximum atomic E-state index is 11.3. The summed E-state index contributed by atoms with van der Waals surface area (Å²) < 4.78 is 4.81. The Morgan fingerprint density at radius 2 is 2.27 bits per heavy atom. The van der Waals surface area contributed by atoms with Crippen molar-refractivity contribution in [2.45, 2.75) is 13.3 Å². The third-order valence-electron chi connectivity index (χ3n) is 1.99. The molecule has 1 aromatic rings. The molecule has 0 radical (unpaired) electrons. The summed E-state index contributed by atoms with van der Waals surface area (Å²) in [7, 11) is 1.57. The zero-order valence-corrected chi connectivity index (χ0v) is 9.60. The highest BCUT2D eigenvalue weighted by Crippen LogP contribution is 2.19. The number of halogens is 1. The van der Waals surface area contributed by atoms with Crippen molar-refractivity contribution in [3.8, 4) is 0 Å². The Morgan fingerprint density at radius 1 is 1.53 bits per heavy atom. The number of methoxy groups -OCH3 is 1. The van der Waals surface area contributed by atoms with Crippen molar-refractivity contribution in [1.82, 2.24) is 0 Å². The van der Waals surface area contributed by atoms with E-state index in [9.17, 15) is 4.79 Å². The number of benzene rings is 1. The van der Waals surface area contributed by atoms with Gasteiger partial charge >= 0.3 is 0 Å². The summed E-state index contributed by atoms with van der Waals surface area (Å²) in [4.78, 5) is 11.3. The van der Waals surface area contributed by atoms with Crippen molar-refractivity contribution in [2.24, 2.45) is 0 Å². The second-order valence-electron chi connectivity index (χ2n) is 3.25. The number of carbonyl (C=O) groups excluding carboxylic acids is 1. The van der Waals surface area contributed by atoms with Gasteiger partial charge in [0, 0.05) is 17.8 Å². The van der Waals surface area contributed by atoms with Crippen molar-refractivity contribution in [1.29, 1.82) is 0 Å². The molecular weight excluding hydrogens is 214 g/mol. The first-order valence-electron chi connectivity index (χ1n) is 4.68. The number of hydrogen-bond donors (Lipinski definition) is 1. The van der Waals surface area contributed by atoms with Gasteiger partial charge in [-0.1, -0.05) is 17.7 Å². The number of anilines is 1. The van der Waals surface area contributed by atoms with Crippen LogP contribution < -0.4 is 5.32 Å². The summed E-state index contributed by atoms with van der Waals surface area (Å²) in [5.41, 5.74) is 1.71. The van der Waals surface area contributed by atoms with Gasteiger partial charge < -0.3 is 10.1 Å². The van der Waals surface area contributed by atoms with E-state index in [4.69, 9.17) is 16.3 Å². The van der Waals surface area contributed by atoms with Crippen LogP contribution in [0.1, 0.15) is 12.0 Å². The minimum atomic E-state index is -0.0724. The topological polar surface area (TPSA) is 38.3 Å². The van der Waals surface area contributed by atoms with Crippen LogP contribution in [-0.2, 0) is 9.53 Å². The van der Waals surface area contributed by atoms with E-state index in [2.05, 4.69) is 5.32 Å². The Kier molecular flexibility index (Phi) is 4.59. The third kappa shape index (κ3) is 3.90. The zero-order valence-electron chi connectivity index (χ0n) is 8.84. The van der Waals surface area contributed by atoms with E-state index >= 15 is 0 Å². The van der Waals surface area contributed by atoms with Gasteiger partial charge in [0.1, 0.15) is 0 Å². The SMILES string of the molecule is COCCC(=O)Nc1ccc(C)c(Cl)c1. The smallest absolute Gasteiger partial charge is 0.226 e. The Morgan fingerprint density at radius 3 is 2.87 bits per heavy atom. The molecule has 1 amide bonds. The Hall–Kier alpha value is -1.06. The first-order valence-corrected chi connectivity index (χ1v) is 5.06. The molecule has 0 atom stereocenters. The molecule has 1 rings (SSSR count). The van der Waals surface area contributed by atoms with Crippen LogP contribution in [0, 0.1) is 6.92 Å². The van der Waals surface area contributed by atoms with Gasteiger partial charge in [0.05, 0.1) is 13.0 Å². The summed E-state index contributed by atoms with van der Waals surface area (Å²) in [6, 6.07) is 5.43. The number of carbonyl (C=O) groups is 1. The highest BCUT2D eigenvalue weighted by Gasteiger charge is 2.03. The van der Waals surface area contributed by atoms with Crippen LogP contribution in [0.15, 0.2) is 18.2 Å². The molecule has 82 valence electrons. The number of hydrogen-bond acceptors (Lipinski definition) is 2. The molecule has 4 heteroatoms. The molecule has 0 aliphatic rings. The molecule has 0 aliphatic heterocycles. The Bertz CT molecular complexity index is 352. The van der Waals surface area contributed by atoms with E-state index in [1.807, 2.05) is 19.1 Å². The number of rotatable bonds is 4. The standard InChI is InChI=1S/C11H14ClNO2/c1-8-3-4-9(7-10(8)12)13-11(14)5-6-15-2/h3-4,7H,5-6H2,1-2H3,(H,13,14). The van der Waals surface area contributed by atoms with Crippen LogP contribution in [0.25, 0.3) is 0 Å². The highest BCUT2D eigenvalue weighted by molar-refractivity contribution is 6.31. The molecule has 3 nitrogen and oxygen atoms in total. The monoisotopic (exact) mass is 227 g/mol. The number of aryl methyl sites for hydroxylation is 1. The number of nitrogens with one attached hydrogen (secondary N) is 1. The fourth-order valence-corrected chi connectivity index (χ4v) is 1.27. The molecule has 15 heavy (non-hydrogen) atoms. The van der Waals surface area contributed by atoms with Gasteiger partial charge in [-0.05, 0) is 24.6 Å². The third-order valence-corrected chi connectivity index (χ3v) is 2.40. The van der Waals surface area contributed by atoms with Crippen molar-refractivity contribution in [3.05, 3.63) is 28.8 Å². The van der Waals surface area contributed by atoms with Crippen LogP contribution in [0.3, 0.4) is 0 Å². The van der Waals surface area contributed by atoms with Crippen molar-refractivity contribution < 1.29 is 9.53 Å². The highest BCUT2D eigenvalue weighted by atomic mass is 35.5. The lowest BCUT2D eigenvalue weighted by Gasteiger charge is -2.06. The molecule has 1 N–H and O–H groups in total. The van der Waals surface area contributed by atoms with E-state index in [0.717, 1.165) is 5.56 Å². The molecule has 0 fully saturated rings. The molecule has 0 saturated heterocycles. The maximum Gasteiger partial charge on any atom is 0.226 e. The first kappa shape index (κ1) is 12.0. The summed E-state index contributed by atoms with van der Waals surface area (Å²) in [6.07, 6.45) is 0.349. The van der Waals surface area contributed by atoms with Gasteiger partial charge in [-0.15, -0.1) is 0 Å². The van der Waals surface area contributed by atoms with Gasteiger partial charge in [0.15, 0.2) is 0 Å². The van der Waals surface area contributed by atoms with Gasteiger partial charge in [0.2, 0.25) is 5.91 Å². The predicted molar refractivity (Wildman–Crippen MR) is 61.3 cm³/mol. The van der Waals surface area contributed by atoms with Gasteiger partial charge in [0.25, 0.3) is 0 Å². The second-order valence-corrected chi connectivity index (χ2v) is 3.66. The Labute approximate surface area is 94.4 Å².